The van der Waals surface area contributed by atoms with E-state index in [0.29, 0.717) is 11.1 Å². The molecule has 0 unspecified atom stereocenters. The summed E-state index contributed by atoms with van der Waals surface area (Å²) in [7, 11) is 0. The number of aryl methyl sites for hydroxylation is 1. The van der Waals surface area contributed by atoms with Gasteiger partial charge in [-0.3, -0.25) is 4.68 Å². The predicted molar refractivity (Wildman–Crippen MR) is 51.6 cm³/mol. The standard InChI is InChI=1S/C9H15ClN2/c1-4-5-12-6-8(7(2)3)9(10)11-12/h6-7H,4-5H2,1-3H3. The third kappa shape index (κ3) is 2.01. The van der Waals surface area contributed by atoms with E-state index in [1.807, 2.05) is 10.9 Å². The molecule has 1 heterocycles. The lowest BCUT2D eigenvalue weighted by atomic mass is 10.1. The summed E-state index contributed by atoms with van der Waals surface area (Å²) in [5.41, 5.74) is 1.14. The maximum Gasteiger partial charge on any atom is 0.154 e. The molecule has 0 aromatic carbocycles. The topological polar surface area (TPSA) is 17.8 Å². The monoisotopic (exact) mass is 186 g/mol. The number of hydrogen-bond acceptors (Lipinski definition) is 1. The number of aromatic nitrogens is 2. The van der Waals surface area contributed by atoms with E-state index < -0.39 is 0 Å². The Bertz CT molecular complexity index is 253. The quantitative estimate of drug-likeness (QED) is 0.710. The average Bonchev–Trinajstić information content (AvgIpc) is 2.32. The molecule has 0 aliphatic rings. The molecule has 0 amide bonds. The van der Waals surface area contributed by atoms with Crippen molar-refractivity contribution in [1.29, 1.82) is 0 Å². The Morgan fingerprint density at radius 1 is 1.58 bits per heavy atom. The highest BCUT2D eigenvalue weighted by molar-refractivity contribution is 6.30. The molecule has 0 aliphatic carbocycles. The molecule has 1 aromatic rings. The molecule has 0 saturated carbocycles. The summed E-state index contributed by atoms with van der Waals surface area (Å²) in [5, 5.41) is 4.86. The molecule has 0 aliphatic heterocycles. The van der Waals surface area contributed by atoms with Crippen LogP contribution in [0, 0.1) is 0 Å². The second-order valence-electron chi connectivity index (χ2n) is 3.29. The molecule has 68 valence electrons. The minimum absolute atomic E-state index is 0.461. The van der Waals surface area contributed by atoms with E-state index in [9.17, 15) is 0 Å². The van der Waals surface area contributed by atoms with E-state index in [2.05, 4.69) is 25.9 Å². The van der Waals surface area contributed by atoms with Crippen LogP contribution in [0.3, 0.4) is 0 Å². The molecule has 2 nitrogen and oxygen atoms in total. The van der Waals surface area contributed by atoms with Gasteiger partial charge in [-0.15, -0.1) is 0 Å². The van der Waals surface area contributed by atoms with Gasteiger partial charge in [0.25, 0.3) is 0 Å². The lowest BCUT2D eigenvalue weighted by Crippen LogP contribution is -1.96. The summed E-state index contributed by atoms with van der Waals surface area (Å²) in [5.74, 6) is 0.461. The van der Waals surface area contributed by atoms with Crippen molar-refractivity contribution >= 4 is 11.6 Å². The molecule has 12 heavy (non-hydrogen) atoms. The molecule has 0 spiro atoms. The van der Waals surface area contributed by atoms with Crippen LogP contribution in [0.2, 0.25) is 5.15 Å². The SMILES string of the molecule is CCCn1cc(C(C)C)c(Cl)n1. The Morgan fingerprint density at radius 2 is 2.25 bits per heavy atom. The van der Waals surface area contributed by atoms with Crippen LogP contribution in [0.5, 0.6) is 0 Å². The van der Waals surface area contributed by atoms with Crippen LogP contribution in [-0.4, -0.2) is 9.78 Å². The van der Waals surface area contributed by atoms with E-state index in [1.54, 1.807) is 0 Å². The fraction of sp³-hybridized carbons (Fsp3) is 0.667. The van der Waals surface area contributed by atoms with E-state index in [-0.39, 0.29) is 0 Å². The Balaban J connectivity index is 2.85. The predicted octanol–water partition coefficient (Wildman–Crippen LogP) is 3.07. The van der Waals surface area contributed by atoms with Crippen LogP contribution in [0.4, 0.5) is 0 Å². The summed E-state index contributed by atoms with van der Waals surface area (Å²) >= 11 is 5.94. The van der Waals surface area contributed by atoms with E-state index in [4.69, 9.17) is 11.6 Å². The van der Waals surface area contributed by atoms with Crippen LogP contribution >= 0.6 is 11.6 Å². The van der Waals surface area contributed by atoms with Crippen molar-refractivity contribution in [3.63, 3.8) is 0 Å². The zero-order chi connectivity index (χ0) is 9.14. The third-order valence-electron chi connectivity index (χ3n) is 1.82. The highest BCUT2D eigenvalue weighted by Crippen LogP contribution is 2.22. The van der Waals surface area contributed by atoms with Crippen LogP contribution in [0.25, 0.3) is 0 Å². The molecule has 1 aromatic heterocycles. The van der Waals surface area contributed by atoms with Crippen LogP contribution < -0.4 is 0 Å². The lowest BCUT2D eigenvalue weighted by molar-refractivity contribution is 0.602. The molecule has 3 heteroatoms. The first-order valence-electron chi connectivity index (χ1n) is 4.38. The van der Waals surface area contributed by atoms with Gasteiger partial charge in [0, 0.05) is 18.3 Å². The Hall–Kier alpha value is -0.500. The van der Waals surface area contributed by atoms with E-state index >= 15 is 0 Å². The van der Waals surface area contributed by atoms with Gasteiger partial charge in [-0.2, -0.15) is 5.10 Å². The normalized spacial score (nSPS) is 11.1. The maximum absolute atomic E-state index is 5.94. The maximum atomic E-state index is 5.94. The van der Waals surface area contributed by atoms with Gasteiger partial charge in [0.05, 0.1) is 0 Å². The molecular weight excluding hydrogens is 172 g/mol. The average molecular weight is 187 g/mol. The molecule has 0 radical (unpaired) electrons. The lowest BCUT2D eigenvalue weighted by Gasteiger charge is -1.98. The van der Waals surface area contributed by atoms with Gasteiger partial charge < -0.3 is 0 Å². The van der Waals surface area contributed by atoms with Gasteiger partial charge in [-0.05, 0) is 12.3 Å². The zero-order valence-electron chi connectivity index (χ0n) is 7.84. The Morgan fingerprint density at radius 3 is 2.67 bits per heavy atom. The van der Waals surface area contributed by atoms with Gasteiger partial charge in [-0.25, -0.2) is 0 Å². The minimum atomic E-state index is 0.461. The van der Waals surface area contributed by atoms with Crippen molar-refractivity contribution in [3.05, 3.63) is 16.9 Å². The molecule has 0 saturated heterocycles. The van der Waals surface area contributed by atoms with Gasteiger partial charge in [0.2, 0.25) is 0 Å². The van der Waals surface area contributed by atoms with Gasteiger partial charge in [0.15, 0.2) is 5.15 Å². The van der Waals surface area contributed by atoms with E-state index in [1.165, 1.54) is 0 Å². The Kier molecular flexibility index (Phi) is 3.15. The first-order chi connectivity index (χ1) is 5.65. The smallest absolute Gasteiger partial charge is 0.154 e. The highest BCUT2D eigenvalue weighted by Gasteiger charge is 2.08. The van der Waals surface area contributed by atoms with Crippen molar-refractivity contribution < 1.29 is 0 Å². The summed E-state index contributed by atoms with van der Waals surface area (Å²) < 4.78 is 1.91. The molecular formula is C9H15ClN2. The number of nitrogens with zero attached hydrogens (tertiary/aromatic N) is 2. The zero-order valence-corrected chi connectivity index (χ0v) is 8.60. The number of hydrogen-bond donors (Lipinski definition) is 0. The van der Waals surface area contributed by atoms with Crippen molar-refractivity contribution in [2.24, 2.45) is 0 Å². The molecule has 0 N–H and O–H groups in total. The van der Waals surface area contributed by atoms with Gasteiger partial charge in [-0.1, -0.05) is 32.4 Å². The molecule has 0 fully saturated rings. The largest absolute Gasteiger partial charge is 0.271 e. The first kappa shape index (κ1) is 9.59. The van der Waals surface area contributed by atoms with Crippen molar-refractivity contribution in [2.75, 3.05) is 0 Å². The van der Waals surface area contributed by atoms with Gasteiger partial charge in [0.1, 0.15) is 0 Å². The third-order valence-corrected chi connectivity index (χ3v) is 2.11. The second kappa shape index (κ2) is 3.94. The molecule has 0 bridgehead atoms. The summed E-state index contributed by atoms with van der Waals surface area (Å²) in [6, 6.07) is 0. The summed E-state index contributed by atoms with van der Waals surface area (Å²) in [6.07, 6.45) is 3.13. The van der Waals surface area contributed by atoms with Crippen molar-refractivity contribution in [3.8, 4) is 0 Å². The second-order valence-corrected chi connectivity index (χ2v) is 3.65. The van der Waals surface area contributed by atoms with Crippen LogP contribution in [0.1, 0.15) is 38.7 Å². The van der Waals surface area contributed by atoms with Crippen LogP contribution in [-0.2, 0) is 6.54 Å². The van der Waals surface area contributed by atoms with Gasteiger partial charge >= 0.3 is 0 Å². The van der Waals surface area contributed by atoms with Crippen molar-refractivity contribution in [1.82, 2.24) is 9.78 Å². The number of rotatable bonds is 3. The molecule has 1 rings (SSSR count). The van der Waals surface area contributed by atoms with Crippen molar-refractivity contribution in [2.45, 2.75) is 39.7 Å². The number of halogens is 1. The fourth-order valence-electron chi connectivity index (χ4n) is 1.14. The Labute approximate surface area is 78.5 Å². The van der Waals surface area contributed by atoms with Crippen LogP contribution in [0.15, 0.2) is 6.20 Å². The summed E-state index contributed by atoms with van der Waals surface area (Å²) in [6.45, 7) is 7.33. The molecule has 0 atom stereocenters. The highest BCUT2D eigenvalue weighted by atomic mass is 35.5. The van der Waals surface area contributed by atoms with E-state index in [0.717, 1.165) is 18.5 Å². The minimum Gasteiger partial charge on any atom is -0.271 e. The fourth-order valence-corrected chi connectivity index (χ4v) is 1.51. The summed E-state index contributed by atoms with van der Waals surface area (Å²) in [4.78, 5) is 0. The first-order valence-corrected chi connectivity index (χ1v) is 4.75.